The molecule has 0 bridgehead atoms. The Balaban J connectivity index is 2.02. The second-order valence-electron chi connectivity index (χ2n) is 6.05. The van der Waals surface area contributed by atoms with Gasteiger partial charge in [0.05, 0.1) is 5.92 Å². The molecule has 0 saturated carbocycles. The van der Waals surface area contributed by atoms with Crippen LogP contribution >= 0.6 is 0 Å². The fourth-order valence-electron chi connectivity index (χ4n) is 2.62. The highest BCUT2D eigenvalue weighted by atomic mass is 16.4. The van der Waals surface area contributed by atoms with E-state index in [1.165, 1.54) is 0 Å². The number of aliphatic carboxylic acids is 1. The molecule has 21 heavy (non-hydrogen) atoms. The lowest BCUT2D eigenvalue weighted by Crippen LogP contribution is -2.29. The van der Waals surface area contributed by atoms with Crippen LogP contribution in [0.1, 0.15) is 50.2 Å². The number of carboxylic acid groups (broad SMARTS) is 1. The zero-order valence-electron chi connectivity index (χ0n) is 12.7. The highest BCUT2D eigenvalue weighted by Crippen LogP contribution is 2.21. The summed E-state index contributed by atoms with van der Waals surface area (Å²) in [5.41, 5.74) is 1.85. The van der Waals surface area contributed by atoms with Crippen molar-refractivity contribution in [3.8, 4) is 0 Å². The van der Waals surface area contributed by atoms with Crippen molar-refractivity contribution >= 4 is 11.9 Å². The molecule has 4 heteroatoms. The Morgan fingerprint density at radius 3 is 2.62 bits per heavy atom. The van der Waals surface area contributed by atoms with E-state index in [1.807, 2.05) is 29.2 Å². The van der Waals surface area contributed by atoms with E-state index in [0.29, 0.717) is 18.9 Å². The maximum atomic E-state index is 12.1. The second kappa shape index (κ2) is 6.74. The van der Waals surface area contributed by atoms with Gasteiger partial charge in [0.15, 0.2) is 0 Å². The Morgan fingerprint density at radius 2 is 2.00 bits per heavy atom. The Bertz CT molecular complexity index is 509. The lowest BCUT2D eigenvalue weighted by Gasteiger charge is -2.21. The first-order valence-electron chi connectivity index (χ1n) is 7.56. The number of carbonyl (C=O) groups excluding carboxylic acids is 1. The number of benzene rings is 1. The minimum Gasteiger partial charge on any atom is -0.481 e. The summed E-state index contributed by atoms with van der Waals surface area (Å²) < 4.78 is 0. The minimum absolute atomic E-state index is 0.224. The van der Waals surface area contributed by atoms with Crippen LogP contribution in [0.4, 0.5) is 0 Å². The van der Waals surface area contributed by atoms with Crippen molar-refractivity contribution in [2.24, 2.45) is 5.92 Å². The average molecular weight is 289 g/mol. The first kappa shape index (κ1) is 15.5. The first-order valence-corrected chi connectivity index (χ1v) is 7.56. The predicted octanol–water partition coefficient (Wildman–Crippen LogP) is 3.02. The summed E-state index contributed by atoms with van der Waals surface area (Å²) in [6.07, 6.45) is 2.67. The number of carboxylic acids is 1. The molecule has 1 heterocycles. The molecule has 1 saturated heterocycles. The number of likely N-dealkylation sites (tertiary alicyclic amines) is 1. The van der Waals surface area contributed by atoms with Crippen molar-refractivity contribution in [2.75, 3.05) is 6.54 Å². The number of hydrogen-bond acceptors (Lipinski definition) is 2. The van der Waals surface area contributed by atoms with E-state index in [-0.39, 0.29) is 5.91 Å². The quantitative estimate of drug-likeness (QED) is 0.927. The molecule has 2 unspecified atom stereocenters. The monoisotopic (exact) mass is 289 g/mol. The van der Waals surface area contributed by atoms with E-state index in [4.69, 9.17) is 5.11 Å². The topological polar surface area (TPSA) is 57.6 Å². The molecule has 1 aliphatic heterocycles. The van der Waals surface area contributed by atoms with Crippen LogP contribution in [0.5, 0.6) is 0 Å². The summed E-state index contributed by atoms with van der Waals surface area (Å²) in [5.74, 6) is -0.487. The molecule has 1 fully saturated rings. The summed E-state index contributed by atoms with van der Waals surface area (Å²) in [6.45, 7) is 5.30. The van der Waals surface area contributed by atoms with Gasteiger partial charge in [0.1, 0.15) is 0 Å². The van der Waals surface area contributed by atoms with E-state index in [0.717, 1.165) is 30.5 Å². The van der Waals surface area contributed by atoms with Gasteiger partial charge in [0.25, 0.3) is 0 Å². The number of carbonyl (C=O) groups is 2. The predicted molar refractivity (Wildman–Crippen MR) is 80.9 cm³/mol. The van der Waals surface area contributed by atoms with Crippen molar-refractivity contribution in [3.05, 3.63) is 35.4 Å². The molecule has 0 aromatic heterocycles. The average Bonchev–Trinajstić information content (AvgIpc) is 2.63. The zero-order chi connectivity index (χ0) is 15.4. The molecule has 114 valence electrons. The van der Waals surface area contributed by atoms with Crippen molar-refractivity contribution in [2.45, 2.75) is 45.6 Å². The highest BCUT2D eigenvalue weighted by molar-refractivity contribution is 5.76. The van der Waals surface area contributed by atoms with Crippen LogP contribution in [-0.4, -0.2) is 28.4 Å². The van der Waals surface area contributed by atoms with E-state index < -0.39 is 11.9 Å². The van der Waals surface area contributed by atoms with Gasteiger partial charge in [-0.25, -0.2) is 0 Å². The number of hydrogen-bond donors (Lipinski definition) is 1. The van der Waals surface area contributed by atoms with Gasteiger partial charge in [-0.05, 0) is 36.8 Å². The van der Waals surface area contributed by atoms with Crippen molar-refractivity contribution in [1.29, 1.82) is 0 Å². The third-order valence-corrected chi connectivity index (χ3v) is 4.32. The molecule has 0 aliphatic carbocycles. The lowest BCUT2D eigenvalue weighted by atomic mass is 10.00. The molecule has 2 atom stereocenters. The van der Waals surface area contributed by atoms with Crippen LogP contribution < -0.4 is 0 Å². The molecule has 0 spiro atoms. The summed E-state index contributed by atoms with van der Waals surface area (Å²) in [7, 11) is 0. The van der Waals surface area contributed by atoms with Gasteiger partial charge in [-0.2, -0.15) is 0 Å². The van der Waals surface area contributed by atoms with Crippen LogP contribution in [0, 0.1) is 5.92 Å². The van der Waals surface area contributed by atoms with E-state index >= 15 is 0 Å². The van der Waals surface area contributed by atoms with Gasteiger partial charge in [-0.15, -0.1) is 0 Å². The first-order chi connectivity index (χ1) is 9.97. The number of amides is 1. The van der Waals surface area contributed by atoms with Gasteiger partial charge in [0, 0.05) is 19.5 Å². The summed E-state index contributed by atoms with van der Waals surface area (Å²) >= 11 is 0. The molecule has 1 amide bonds. The smallest absolute Gasteiger partial charge is 0.310 e. The molecule has 1 N–H and O–H groups in total. The molecule has 0 radical (unpaired) electrons. The van der Waals surface area contributed by atoms with Gasteiger partial charge in [-0.3, -0.25) is 9.59 Å². The van der Waals surface area contributed by atoms with Crippen LogP contribution in [0.2, 0.25) is 0 Å². The zero-order valence-corrected chi connectivity index (χ0v) is 12.7. The Morgan fingerprint density at radius 1 is 1.33 bits per heavy atom. The SMILES string of the molecule is CC1CCC(=O)N(Cc2ccc(C(C)C(=O)O)cc2)CC1. The van der Waals surface area contributed by atoms with E-state index in [1.54, 1.807) is 6.92 Å². The molecule has 1 aromatic carbocycles. The van der Waals surface area contributed by atoms with Crippen LogP contribution in [-0.2, 0) is 16.1 Å². The van der Waals surface area contributed by atoms with Crippen molar-refractivity contribution < 1.29 is 14.7 Å². The molecule has 1 aromatic rings. The van der Waals surface area contributed by atoms with E-state index in [9.17, 15) is 9.59 Å². The third kappa shape index (κ3) is 4.06. The molecule has 1 aliphatic rings. The number of nitrogens with zero attached hydrogens (tertiary/aromatic N) is 1. The normalized spacial score (nSPS) is 21.0. The van der Waals surface area contributed by atoms with Crippen LogP contribution in [0.3, 0.4) is 0 Å². The Hall–Kier alpha value is -1.84. The second-order valence-corrected chi connectivity index (χ2v) is 6.05. The maximum absolute atomic E-state index is 12.1. The fraction of sp³-hybridized carbons (Fsp3) is 0.529. The largest absolute Gasteiger partial charge is 0.481 e. The van der Waals surface area contributed by atoms with Gasteiger partial charge < -0.3 is 10.0 Å². The molecular formula is C17H23NO3. The van der Waals surface area contributed by atoms with Gasteiger partial charge >= 0.3 is 5.97 Å². The molecule has 2 rings (SSSR count). The maximum Gasteiger partial charge on any atom is 0.310 e. The summed E-state index contributed by atoms with van der Waals surface area (Å²) in [4.78, 5) is 25.0. The Kier molecular flexibility index (Phi) is 4.99. The fourth-order valence-corrected chi connectivity index (χ4v) is 2.62. The summed E-state index contributed by atoms with van der Waals surface area (Å²) in [6, 6.07) is 7.55. The molecule has 4 nitrogen and oxygen atoms in total. The lowest BCUT2D eigenvalue weighted by molar-refractivity contribution is -0.138. The molecular weight excluding hydrogens is 266 g/mol. The highest BCUT2D eigenvalue weighted by Gasteiger charge is 2.20. The Labute approximate surface area is 125 Å². The van der Waals surface area contributed by atoms with Gasteiger partial charge in [-0.1, -0.05) is 31.2 Å². The van der Waals surface area contributed by atoms with Crippen LogP contribution in [0.25, 0.3) is 0 Å². The third-order valence-electron chi connectivity index (χ3n) is 4.32. The number of rotatable bonds is 4. The minimum atomic E-state index is -0.820. The van der Waals surface area contributed by atoms with Gasteiger partial charge in [0.2, 0.25) is 5.91 Å². The van der Waals surface area contributed by atoms with Crippen LogP contribution in [0.15, 0.2) is 24.3 Å². The standard InChI is InChI=1S/C17H23NO3/c1-12-3-8-16(19)18(10-9-12)11-14-4-6-15(7-5-14)13(2)17(20)21/h4-7,12-13H,3,8-11H2,1-2H3,(H,20,21). The van der Waals surface area contributed by atoms with Crippen molar-refractivity contribution in [1.82, 2.24) is 4.90 Å². The van der Waals surface area contributed by atoms with Crippen molar-refractivity contribution in [3.63, 3.8) is 0 Å². The van der Waals surface area contributed by atoms with E-state index in [2.05, 4.69) is 6.92 Å². The summed E-state index contributed by atoms with van der Waals surface area (Å²) in [5, 5.41) is 9.00.